The second kappa shape index (κ2) is 8.90. The Balaban J connectivity index is 1.73. The lowest BCUT2D eigenvalue weighted by Gasteiger charge is -2.20. The van der Waals surface area contributed by atoms with Crippen molar-refractivity contribution >= 4 is 21.8 Å². The van der Waals surface area contributed by atoms with Crippen molar-refractivity contribution in [3.63, 3.8) is 0 Å². The zero-order valence-electron chi connectivity index (χ0n) is 14.8. The molecule has 5 heteroatoms. The lowest BCUT2D eigenvalue weighted by molar-refractivity contribution is -0.123. The lowest BCUT2D eigenvalue weighted by atomic mass is 9.87. The van der Waals surface area contributed by atoms with Gasteiger partial charge in [-0.25, -0.2) is 0 Å². The number of benzene rings is 2. The van der Waals surface area contributed by atoms with E-state index in [4.69, 9.17) is 9.47 Å². The quantitative estimate of drug-likeness (QED) is 0.697. The summed E-state index contributed by atoms with van der Waals surface area (Å²) < 4.78 is 11.9. The largest absolute Gasteiger partial charge is 0.492 e. The Morgan fingerprint density at radius 3 is 2.44 bits per heavy atom. The number of hydrogen-bond donors (Lipinski definition) is 1. The molecular formula is C20H24BrNO3. The maximum absolute atomic E-state index is 11.9. The fourth-order valence-corrected chi connectivity index (χ4v) is 2.65. The van der Waals surface area contributed by atoms with Crippen LogP contribution in [-0.2, 0) is 10.2 Å². The summed E-state index contributed by atoms with van der Waals surface area (Å²) in [6, 6.07) is 15.4. The molecule has 0 heterocycles. The van der Waals surface area contributed by atoms with Gasteiger partial charge in [0.05, 0.1) is 11.0 Å². The summed E-state index contributed by atoms with van der Waals surface area (Å²) in [7, 11) is 0. The third kappa shape index (κ3) is 6.42. The molecule has 0 radical (unpaired) electrons. The molecule has 25 heavy (non-hydrogen) atoms. The molecule has 4 nitrogen and oxygen atoms in total. The molecule has 0 bridgehead atoms. The zero-order chi connectivity index (χ0) is 18.3. The van der Waals surface area contributed by atoms with E-state index in [0.29, 0.717) is 18.9 Å². The molecule has 0 aliphatic carbocycles. The zero-order valence-corrected chi connectivity index (χ0v) is 16.4. The van der Waals surface area contributed by atoms with Gasteiger partial charge in [0.15, 0.2) is 6.61 Å². The van der Waals surface area contributed by atoms with Gasteiger partial charge in [-0.2, -0.15) is 0 Å². The van der Waals surface area contributed by atoms with Crippen LogP contribution in [0.2, 0.25) is 0 Å². The Bertz CT molecular complexity index is 696. The van der Waals surface area contributed by atoms with Crippen LogP contribution in [0.15, 0.2) is 53.0 Å². The molecule has 0 spiro atoms. The van der Waals surface area contributed by atoms with E-state index in [9.17, 15) is 4.79 Å². The molecule has 0 aromatic heterocycles. The molecule has 2 rings (SSSR count). The van der Waals surface area contributed by atoms with Crippen LogP contribution in [0.3, 0.4) is 0 Å². The number of hydrogen-bond acceptors (Lipinski definition) is 3. The smallest absolute Gasteiger partial charge is 0.258 e. The molecule has 0 saturated heterocycles. The summed E-state index contributed by atoms with van der Waals surface area (Å²) in [5.41, 5.74) is 1.27. The van der Waals surface area contributed by atoms with Crippen molar-refractivity contribution in [2.75, 3.05) is 19.8 Å². The molecule has 1 amide bonds. The van der Waals surface area contributed by atoms with Gasteiger partial charge in [0.2, 0.25) is 0 Å². The van der Waals surface area contributed by atoms with Crippen LogP contribution in [0.4, 0.5) is 0 Å². The van der Waals surface area contributed by atoms with E-state index in [-0.39, 0.29) is 17.9 Å². The number of halogens is 1. The first-order valence-corrected chi connectivity index (χ1v) is 9.03. The van der Waals surface area contributed by atoms with Gasteiger partial charge in [-0.05, 0) is 51.2 Å². The minimum Gasteiger partial charge on any atom is -0.492 e. The third-order valence-electron chi connectivity index (χ3n) is 3.59. The number of carbonyl (C=O) groups is 1. The van der Waals surface area contributed by atoms with Crippen LogP contribution in [0, 0.1) is 0 Å². The lowest BCUT2D eigenvalue weighted by Crippen LogP contribution is -2.32. The van der Waals surface area contributed by atoms with Gasteiger partial charge in [0.1, 0.15) is 18.1 Å². The topological polar surface area (TPSA) is 47.6 Å². The van der Waals surface area contributed by atoms with E-state index in [2.05, 4.69) is 42.0 Å². The highest BCUT2D eigenvalue weighted by atomic mass is 79.9. The average molecular weight is 406 g/mol. The third-order valence-corrected chi connectivity index (χ3v) is 4.21. The van der Waals surface area contributed by atoms with Crippen LogP contribution in [0.25, 0.3) is 0 Å². The fourth-order valence-electron chi connectivity index (χ4n) is 2.15. The van der Waals surface area contributed by atoms with Gasteiger partial charge in [0, 0.05) is 0 Å². The van der Waals surface area contributed by atoms with Crippen LogP contribution in [-0.4, -0.2) is 25.7 Å². The van der Waals surface area contributed by atoms with Crippen LogP contribution in [0.1, 0.15) is 26.3 Å². The Kier molecular flexibility index (Phi) is 6.88. The highest BCUT2D eigenvalue weighted by Crippen LogP contribution is 2.31. The molecule has 2 aromatic carbocycles. The van der Waals surface area contributed by atoms with E-state index in [1.165, 1.54) is 5.56 Å². The van der Waals surface area contributed by atoms with Crippen molar-refractivity contribution in [3.05, 3.63) is 58.6 Å². The molecule has 0 fully saturated rings. The summed E-state index contributed by atoms with van der Waals surface area (Å²) in [6.45, 7) is 7.28. The minimum absolute atomic E-state index is 0.0290. The van der Waals surface area contributed by atoms with Gasteiger partial charge in [0.25, 0.3) is 5.91 Å². The normalized spacial score (nSPS) is 11.0. The first-order valence-electron chi connectivity index (χ1n) is 8.23. The van der Waals surface area contributed by atoms with E-state index < -0.39 is 0 Å². The summed E-state index contributed by atoms with van der Waals surface area (Å²) >= 11 is 3.50. The van der Waals surface area contributed by atoms with E-state index >= 15 is 0 Å². The second-order valence-electron chi connectivity index (χ2n) is 6.70. The molecule has 0 unspecified atom stereocenters. The van der Waals surface area contributed by atoms with Crippen LogP contribution >= 0.6 is 15.9 Å². The molecule has 0 atom stereocenters. The Labute approximate surface area is 157 Å². The monoisotopic (exact) mass is 405 g/mol. The predicted octanol–water partition coefficient (Wildman–Crippen LogP) is 4.32. The van der Waals surface area contributed by atoms with Gasteiger partial charge in [-0.1, -0.05) is 45.0 Å². The molecular weight excluding hydrogens is 382 g/mol. The number of rotatable bonds is 7. The maximum atomic E-state index is 11.9. The summed E-state index contributed by atoms with van der Waals surface area (Å²) in [4.78, 5) is 11.9. The number of amides is 1. The molecule has 1 N–H and O–H groups in total. The van der Waals surface area contributed by atoms with E-state index in [1.54, 1.807) is 0 Å². The summed E-state index contributed by atoms with van der Waals surface area (Å²) in [6.07, 6.45) is 0. The van der Waals surface area contributed by atoms with E-state index in [0.717, 1.165) is 10.2 Å². The van der Waals surface area contributed by atoms with Crippen molar-refractivity contribution < 1.29 is 14.3 Å². The van der Waals surface area contributed by atoms with Crippen molar-refractivity contribution in [1.29, 1.82) is 0 Å². The molecule has 0 saturated carbocycles. The highest BCUT2D eigenvalue weighted by Gasteiger charge is 2.15. The SMILES string of the molecule is CC(C)(C)c1ccc(OCC(=O)NCCOc2ccccc2)c(Br)c1. The first-order chi connectivity index (χ1) is 11.9. The Morgan fingerprint density at radius 1 is 1.08 bits per heavy atom. The van der Waals surface area contributed by atoms with Gasteiger partial charge >= 0.3 is 0 Å². The van der Waals surface area contributed by atoms with Crippen molar-refractivity contribution in [1.82, 2.24) is 5.32 Å². The Morgan fingerprint density at radius 2 is 1.80 bits per heavy atom. The highest BCUT2D eigenvalue weighted by molar-refractivity contribution is 9.10. The number of nitrogens with one attached hydrogen (secondary N) is 1. The molecule has 134 valence electrons. The van der Waals surface area contributed by atoms with Crippen LogP contribution < -0.4 is 14.8 Å². The number of para-hydroxylation sites is 1. The summed E-state index contributed by atoms with van der Waals surface area (Å²) in [5.74, 6) is 1.27. The number of carbonyl (C=O) groups excluding carboxylic acids is 1. The van der Waals surface area contributed by atoms with Crippen molar-refractivity contribution in [3.8, 4) is 11.5 Å². The van der Waals surface area contributed by atoms with Crippen molar-refractivity contribution in [2.24, 2.45) is 0 Å². The summed E-state index contributed by atoms with van der Waals surface area (Å²) in [5, 5.41) is 2.77. The first kappa shape index (κ1) is 19.3. The fraction of sp³-hybridized carbons (Fsp3) is 0.350. The molecule has 2 aromatic rings. The Hall–Kier alpha value is -2.01. The van der Waals surface area contributed by atoms with Gasteiger partial charge in [-0.15, -0.1) is 0 Å². The maximum Gasteiger partial charge on any atom is 0.258 e. The van der Waals surface area contributed by atoms with Gasteiger partial charge in [-0.3, -0.25) is 4.79 Å². The molecule has 0 aliphatic heterocycles. The minimum atomic E-state index is -0.177. The standard InChI is InChI=1S/C20H24BrNO3/c1-20(2,3)15-9-10-18(17(21)13-15)25-14-19(23)22-11-12-24-16-7-5-4-6-8-16/h4-10,13H,11-12,14H2,1-3H3,(H,22,23). The second-order valence-corrected chi connectivity index (χ2v) is 7.55. The number of ether oxygens (including phenoxy) is 2. The predicted molar refractivity (Wildman–Crippen MR) is 103 cm³/mol. The van der Waals surface area contributed by atoms with E-state index in [1.807, 2.05) is 48.5 Å². The van der Waals surface area contributed by atoms with Crippen molar-refractivity contribution in [2.45, 2.75) is 26.2 Å². The van der Waals surface area contributed by atoms with Crippen LogP contribution in [0.5, 0.6) is 11.5 Å². The molecule has 0 aliphatic rings. The van der Waals surface area contributed by atoms with Gasteiger partial charge < -0.3 is 14.8 Å². The average Bonchev–Trinajstić information content (AvgIpc) is 2.57.